The van der Waals surface area contributed by atoms with Gasteiger partial charge < -0.3 is 40.3 Å². The molecule has 0 spiro atoms. The molecule has 1 fully saturated rings. The minimum absolute atomic E-state index is 0.139. The van der Waals surface area contributed by atoms with Crippen molar-refractivity contribution < 1.29 is 39.8 Å². The number of carbonyl (C=O) groups excluding carboxylic acids is 1. The molecule has 408 valence electrons. The van der Waals surface area contributed by atoms with Crippen molar-refractivity contribution in [1.82, 2.24) is 5.32 Å². The molecule has 69 heavy (non-hydrogen) atoms. The number of hydrogen-bond acceptors (Lipinski definition) is 8. The lowest BCUT2D eigenvalue weighted by molar-refractivity contribution is -0.302. The largest absolute Gasteiger partial charge is 0.394 e. The summed E-state index contributed by atoms with van der Waals surface area (Å²) in [6.07, 6.45) is 56.3. The zero-order valence-corrected chi connectivity index (χ0v) is 45.3. The molecule has 0 saturated carbocycles. The van der Waals surface area contributed by atoms with E-state index in [4.69, 9.17) is 9.47 Å². The van der Waals surface area contributed by atoms with Crippen LogP contribution in [0.15, 0.2) is 24.3 Å². The second kappa shape index (κ2) is 50.2. The summed E-state index contributed by atoms with van der Waals surface area (Å²) in [5, 5.41) is 54.7. The van der Waals surface area contributed by atoms with Gasteiger partial charge in [0.25, 0.3) is 0 Å². The minimum atomic E-state index is -1.55. The Morgan fingerprint density at radius 2 is 0.855 bits per heavy atom. The smallest absolute Gasteiger partial charge is 0.220 e. The van der Waals surface area contributed by atoms with Gasteiger partial charge in [-0.25, -0.2) is 0 Å². The molecule has 1 aliphatic heterocycles. The molecule has 9 heteroatoms. The fourth-order valence-corrected chi connectivity index (χ4v) is 9.78. The van der Waals surface area contributed by atoms with Gasteiger partial charge in [-0.05, 0) is 44.9 Å². The van der Waals surface area contributed by atoms with Crippen LogP contribution in [0.2, 0.25) is 0 Å². The SMILES string of the molecule is CCCCCCCCCCC/C=C\C/C=C\CCCCCCCCCC(=O)NC(COC1OC(CO)C(O)C(O)C1O)C(O)CCCCCCCCCCCCCCCCCCCCCCCCC. The minimum Gasteiger partial charge on any atom is -0.394 e. The van der Waals surface area contributed by atoms with E-state index in [9.17, 15) is 30.3 Å². The molecule has 0 bridgehead atoms. The third-order valence-corrected chi connectivity index (χ3v) is 14.6. The summed E-state index contributed by atoms with van der Waals surface area (Å²) in [6.45, 7) is 3.87. The molecule has 7 atom stereocenters. The highest BCUT2D eigenvalue weighted by atomic mass is 16.7. The molecule has 0 radical (unpaired) electrons. The number of hydrogen-bond donors (Lipinski definition) is 6. The van der Waals surface area contributed by atoms with E-state index in [1.54, 1.807) is 0 Å². The molecule has 1 rings (SSSR count). The van der Waals surface area contributed by atoms with Crippen molar-refractivity contribution in [2.24, 2.45) is 0 Å². The van der Waals surface area contributed by atoms with E-state index in [-0.39, 0.29) is 12.5 Å². The third-order valence-electron chi connectivity index (χ3n) is 14.6. The van der Waals surface area contributed by atoms with Gasteiger partial charge >= 0.3 is 0 Å². The number of carbonyl (C=O) groups is 1. The van der Waals surface area contributed by atoms with Crippen LogP contribution >= 0.6 is 0 Å². The summed E-state index contributed by atoms with van der Waals surface area (Å²) in [6, 6.07) is -0.723. The van der Waals surface area contributed by atoms with Crippen LogP contribution in [-0.2, 0) is 14.3 Å². The number of aliphatic hydroxyl groups excluding tert-OH is 5. The Morgan fingerprint density at radius 1 is 0.493 bits per heavy atom. The van der Waals surface area contributed by atoms with E-state index in [1.165, 1.54) is 218 Å². The highest BCUT2D eigenvalue weighted by molar-refractivity contribution is 5.76. The molecule has 6 N–H and O–H groups in total. The lowest BCUT2D eigenvalue weighted by Gasteiger charge is -2.40. The van der Waals surface area contributed by atoms with Gasteiger partial charge in [-0.2, -0.15) is 0 Å². The predicted molar refractivity (Wildman–Crippen MR) is 290 cm³/mol. The fraction of sp³-hybridized carbons (Fsp3) is 0.917. The highest BCUT2D eigenvalue weighted by Crippen LogP contribution is 2.23. The Labute approximate surface area is 426 Å². The molecule has 1 saturated heterocycles. The lowest BCUT2D eigenvalue weighted by atomic mass is 9.99. The maximum Gasteiger partial charge on any atom is 0.220 e. The van der Waals surface area contributed by atoms with E-state index in [0.717, 1.165) is 51.4 Å². The first-order valence-electron chi connectivity index (χ1n) is 30.0. The number of ether oxygens (including phenoxy) is 2. The number of amides is 1. The second-order valence-corrected chi connectivity index (χ2v) is 21.1. The standard InChI is InChI=1S/C60H115NO8/c1-3-5-7-9-11-13-15-17-19-21-23-25-27-29-31-33-35-37-39-41-43-45-47-49-54(63)53(52-68-60-59(67)58(66)57(65)55(51-62)69-60)61-56(64)50-48-46-44-42-40-38-36-34-32-30-28-26-24-22-20-18-16-14-12-10-8-6-4-2/h24,26,30,32,53-55,57-60,62-63,65-67H,3-23,25,27-29,31,33-52H2,1-2H3,(H,61,64)/b26-24-,32-30-. The van der Waals surface area contributed by atoms with E-state index in [0.29, 0.717) is 12.8 Å². The fourth-order valence-electron chi connectivity index (χ4n) is 9.78. The van der Waals surface area contributed by atoms with Crippen LogP contribution < -0.4 is 5.32 Å². The lowest BCUT2D eigenvalue weighted by Crippen LogP contribution is -2.60. The summed E-state index contributed by atoms with van der Waals surface area (Å²) in [7, 11) is 0. The van der Waals surface area contributed by atoms with E-state index in [2.05, 4.69) is 43.5 Å². The van der Waals surface area contributed by atoms with Gasteiger partial charge in [0.05, 0.1) is 25.4 Å². The molecular formula is C60H115NO8. The molecule has 7 unspecified atom stereocenters. The van der Waals surface area contributed by atoms with Crippen molar-refractivity contribution >= 4 is 5.91 Å². The van der Waals surface area contributed by atoms with Gasteiger partial charge in [0.15, 0.2) is 6.29 Å². The zero-order chi connectivity index (χ0) is 50.1. The van der Waals surface area contributed by atoms with Crippen LogP contribution in [0.1, 0.15) is 296 Å². The molecule has 1 heterocycles. The van der Waals surface area contributed by atoms with E-state index >= 15 is 0 Å². The van der Waals surface area contributed by atoms with Crippen molar-refractivity contribution in [2.75, 3.05) is 13.2 Å². The number of unbranched alkanes of at least 4 members (excludes halogenated alkanes) is 38. The van der Waals surface area contributed by atoms with E-state index in [1.807, 2.05) is 0 Å². The van der Waals surface area contributed by atoms with Crippen LogP contribution in [-0.4, -0.2) is 87.5 Å². The number of allylic oxidation sites excluding steroid dienone is 4. The average Bonchev–Trinajstić information content (AvgIpc) is 3.35. The molecule has 9 nitrogen and oxygen atoms in total. The normalized spacial score (nSPS) is 19.6. The summed E-state index contributed by atoms with van der Waals surface area (Å²) < 4.78 is 11.3. The van der Waals surface area contributed by atoms with Crippen LogP contribution in [0.3, 0.4) is 0 Å². The molecular weight excluding hydrogens is 863 g/mol. The summed E-state index contributed by atoms with van der Waals surface area (Å²) in [4.78, 5) is 13.1. The molecule has 0 aromatic rings. The highest BCUT2D eigenvalue weighted by Gasteiger charge is 2.44. The Morgan fingerprint density at radius 3 is 1.25 bits per heavy atom. The third kappa shape index (κ3) is 39.8. The van der Waals surface area contributed by atoms with Gasteiger partial charge in [-0.15, -0.1) is 0 Å². The Balaban J connectivity index is 2.20. The predicted octanol–water partition coefficient (Wildman–Crippen LogP) is 15.0. The van der Waals surface area contributed by atoms with Gasteiger partial charge in [0.2, 0.25) is 5.91 Å². The molecule has 0 aromatic carbocycles. The van der Waals surface area contributed by atoms with Crippen LogP contribution in [0.25, 0.3) is 0 Å². The second-order valence-electron chi connectivity index (χ2n) is 21.1. The van der Waals surface area contributed by atoms with Crippen molar-refractivity contribution in [3.05, 3.63) is 24.3 Å². The summed E-state index contributed by atoms with van der Waals surface area (Å²) >= 11 is 0. The van der Waals surface area contributed by atoms with Crippen molar-refractivity contribution in [3.63, 3.8) is 0 Å². The Hall–Kier alpha value is -1.33. The average molecular weight is 979 g/mol. The number of rotatable bonds is 52. The molecule has 1 amide bonds. The van der Waals surface area contributed by atoms with Crippen molar-refractivity contribution in [1.29, 1.82) is 0 Å². The van der Waals surface area contributed by atoms with Crippen molar-refractivity contribution in [3.8, 4) is 0 Å². The first kappa shape index (κ1) is 65.7. The zero-order valence-electron chi connectivity index (χ0n) is 45.3. The number of aliphatic hydroxyl groups is 5. The van der Waals surface area contributed by atoms with Crippen LogP contribution in [0, 0.1) is 0 Å². The first-order chi connectivity index (χ1) is 33.8. The number of nitrogens with one attached hydrogen (secondary N) is 1. The van der Waals surface area contributed by atoms with Gasteiger partial charge in [0, 0.05) is 6.42 Å². The quantitative estimate of drug-likeness (QED) is 0.0261. The summed E-state index contributed by atoms with van der Waals surface area (Å²) in [5.74, 6) is -0.147. The van der Waals surface area contributed by atoms with Gasteiger partial charge in [0.1, 0.15) is 24.4 Å². The van der Waals surface area contributed by atoms with Crippen LogP contribution in [0.5, 0.6) is 0 Å². The Bertz CT molecular complexity index is 1130. The van der Waals surface area contributed by atoms with Gasteiger partial charge in [-0.1, -0.05) is 269 Å². The van der Waals surface area contributed by atoms with Crippen LogP contribution in [0.4, 0.5) is 0 Å². The first-order valence-corrected chi connectivity index (χ1v) is 30.0. The maximum absolute atomic E-state index is 13.1. The summed E-state index contributed by atoms with van der Waals surface area (Å²) in [5.41, 5.74) is 0. The van der Waals surface area contributed by atoms with Gasteiger partial charge in [-0.3, -0.25) is 4.79 Å². The molecule has 1 aliphatic rings. The maximum atomic E-state index is 13.1. The van der Waals surface area contributed by atoms with Crippen molar-refractivity contribution in [2.45, 2.75) is 339 Å². The monoisotopic (exact) mass is 978 g/mol. The Kier molecular flexibility index (Phi) is 47.8. The van der Waals surface area contributed by atoms with E-state index < -0.39 is 49.5 Å². The molecule has 0 aliphatic carbocycles. The topological polar surface area (TPSA) is 149 Å². The molecule has 0 aromatic heterocycles.